The zero-order valence-electron chi connectivity index (χ0n) is 9.40. The van der Waals surface area contributed by atoms with Crippen LogP contribution in [0.3, 0.4) is 0 Å². The van der Waals surface area contributed by atoms with Gasteiger partial charge < -0.3 is 10.1 Å². The van der Waals surface area contributed by atoms with Gasteiger partial charge in [-0.15, -0.1) is 0 Å². The molecule has 4 nitrogen and oxygen atoms in total. The van der Waals surface area contributed by atoms with Crippen LogP contribution in [-0.4, -0.2) is 18.5 Å². The van der Waals surface area contributed by atoms with Gasteiger partial charge >= 0.3 is 5.97 Å². The van der Waals surface area contributed by atoms with E-state index < -0.39 is 0 Å². The highest BCUT2D eigenvalue weighted by atomic mass is 79.9. The molecule has 0 aliphatic carbocycles. The van der Waals surface area contributed by atoms with Crippen molar-refractivity contribution in [3.8, 4) is 0 Å². The van der Waals surface area contributed by atoms with E-state index >= 15 is 0 Å². The number of esters is 1. The Balaban J connectivity index is 2.07. The first-order valence-electron chi connectivity index (χ1n) is 5.60. The van der Waals surface area contributed by atoms with Crippen molar-refractivity contribution in [2.24, 2.45) is 0 Å². The third-order valence-corrected chi connectivity index (χ3v) is 3.67. The molecular formula is C13H10BrNO3. The molecule has 3 rings (SSSR count). The summed E-state index contributed by atoms with van der Waals surface area (Å²) in [5, 5.41) is 2.71. The van der Waals surface area contributed by atoms with Crippen LogP contribution < -0.4 is 5.32 Å². The SMILES string of the molecule is O=C1C[C@@H](c2cccc(Br)c2)C2=C(COC2=O)N1. The minimum Gasteiger partial charge on any atom is -0.456 e. The van der Waals surface area contributed by atoms with Crippen molar-refractivity contribution >= 4 is 27.8 Å². The molecular weight excluding hydrogens is 298 g/mol. The van der Waals surface area contributed by atoms with Crippen LogP contribution in [-0.2, 0) is 14.3 Å². The zero-order chi connectivity index (χ0) is 12.7. The second kappa shape index (κ2) is 4.24. The number of nitrogens with one attached hydrogen (secondary N) is 1. The molecule has 0 saturated carbocycles. The number of hydrogen-bond acceptors (Lipinski definition) is 3. The van der Waals surface area contributed by atoms with E-state index in [9.17, 15) is 9.59 Å². The van der Waals surface area contributed by atoms with Crippen LogP contribution in [0.4, 0.5) is 0 Å². The maximum Gasteiger partial charge on any atom is 0.336 e. The van der Waals surface area contributed by atoms with Gasteiger partial charge in [-0.2, -0.15) is 0 Å². The van der Waals surface area contributed by atoms with Gasteiger partial charge in [0.2, 0.25) is 5.91 Å². The number of halogens is 1. The molecule has 0 unspecified atom stereocenters. The van der Waals surface area contributed by atoms with Crippen molar-refractivity contribution in [3.63, 3.8) is 0 Å². The highest BCUT2D eigenvalue weighted by Crippen LogP contribution is 2.36. The molecule has 1 atom stereocenters. The van der Waals surface area contributed by atoms with Gasteiger partial charge in [0.05, 0.1) is 11.3 Å². The van der Waals surface area contributed by atoms with Crippen LogP contribution in [0.25, 0.3) is 0 Å². The van der Waals surface area contributed by atoms with Crippen molar-refractivity contribution in [1.82, 2.24) is 5.32 Å². The van der Waals surface area contributed by atoms with E-state index in [-0.39, 0.29) is 30.8 Å². The number of carbonyl (C=O) groups is 2. The van der Waals surface area contributed by atoms with E-state index in [2.05, 4.69) is 21.2 Å². The standard InChI is InChI=1S/C13H10BrNO3/c14-8-3-1-2-7(4-8)9-5-11(16)15-10-6-18-13(17)12(9)10/h1-4,9H,5-6H2,(H,15,16)/t9-/m0/s1. The molecule has 0 saturated heterocycles. The lowest BCUT2D eigenvalue weighted by atomic mass is 9.85. The molecule has 1 aromatic rings. The van der Waals surface area contributed by atoms with Crippen LogP contribution in [0.15, 0.2) is 40.0 Å². The Bertz CT molecular complexity index is 579. The van der Waals surface area contributed by atoms with Crippen molar-refractivity contribution in [2.45, 2.75) is 12.3 Å². The van der Waals surface area contributed by atoms with E-state index in [1.165, 1.54) is 0 Å². The molecule has 92 valence electrons. The van der Waals surface area contributed by atoms with Gasteiger partial charge in [-0.3, -0.25) is 4.79 Å². The summed E-state index contributed by atoms with van der Waals surface area (Å²) in [5.74, 6) is -0.603. The molecule has 2 heterocycles. The molecule has 0 radical (unpaired) electrons. The van der Waals surface area contributed by atoms with Crippen molar-refractivity contribution < 1.29 is 14.3 Å². The Morgan fingerprint density at radius 2 is 2.17 bits per heavy atom. The molecule has 18 heavy (non-hydrogen) atoms. The average molecular weight is 308 g/mol. The molecule has 2 aliphatic heterocycles. The highest BCUT2D eigenvalue weighted by Gasteiger charge is 2.38. The summed E-state index contributed by atoms with van der Waals surface area (Å²) < 4.78 is 5.92. The maximum absolute atomic E-state index is 11.7. The predicted octanol–water partition coefficient (Wildman–Crippen LogP) is 1.86. The topological polar surface area (TPSA) is 55.4 Å². The van der Waals surface area contributed by atoms with Crippen molar-refractivity contribution in [2.75, 3.05) is 6.61 Å². The van der Waals surface area contributed by atoms with Gasteiger partial charge in [0.1, 0.15) is 6.61 Å². The molecule has 0 aromatic heterocycles. The fourth-order valence-electron chi connectivity index (χ4n) is 2.39. The quantitative estimate of drug-likeness (QED) is 0.806. The first kappa shape index (κ1) is 11.5. The molecule has 1 N–H and O–H groups in total. The molecule has 0 fully saturated rings. The molecule has 1 amide bonds. The van der Waals surface area contributed by atoms with Gasteiger partial charge in [0.15, 0.2) is 0 Å². The summed E-state index contributed by atoms with van der Waals surface area (Å²) in [6, 6.07) is 7.66. The van der Waals surface area contributed by atoms with Crippen LogP contribution in [0.2, 0.25) is 0 Å². The summed E-state index contributed by atoms with van der Waals surface area (Å²) in [4.78, 5) is 23.4. The third kappa shape index (κ3) is 1.84. The number of rotatable bonds is 1. The number of hydrogen-bond donors (Lipinski definition) is 1. The number of ether oxygens (including phenoxy) is 1. The largest absolute Gasteiger partial charge is 0.456 e. The number of cyclic esters (lactones) is 1. The second-order valence-corrected chi connectivity index (χ2v) is 5.24. The van der Waals surface area contributed by atoms with E-state index in [0.29, 0.717) is 11.3 Å². The Hall–Kier alpha value is -1.62. The van der Waals surface area contributed by atoms with E-state index in [0.717, 1.165) is 10.0 Å². The van der Waals surface area contributed by atoms with E-state index in [1.54, 1.807) is 0 Å². The van der Waals surface area contributed by atoms with Gasteiger partial charge in [-0.05, 0) is 17.7 Å². The number of amides is 1. The summed E-state index contributed by atoms with van der Waals surface area (Å²) in [7, 11) is 0. The summed E-state index contributed by atoms with van der Waals surface area (Å²) >= 11 is 3.40. The molecule has 1 aromatic carbocycles. The van der Waals surface area contributed by atoms with Gasteiger partial charge in [0, 0.05) is 16.8 Å². The molecule has 0 spiro atoms. The Morgan fingerprint density at radius 3 is 2.94 bits per heavy atom. The molecule has 5 heteroatoms. The second-order valence-electron chi connectivity index (χ2n) is 4.33. The number of benzene rings is 1. The van der Waals surface area contributed by atoms with Gasteiger partial charge in [-0.25, -0.2) is 4.79 Å². The fraction of sp³-hybridized carbons (Fsp3) is 0.231. The minimum atomic E-state index is -0.324. The average Bonchev–Trinajstić information content (AvgIpc) is 2.70. The normalized spacial score (nSPS) is 22.6. The summed E-state index contributed by atoms with van der Waals surface area (Å²) in [6.07, 6.45) is 0.282. The zero-order valence-corrected chi connectivity index (χ0v) is 11.0. The van der Waals surface area contributed by atoms with Crippen LogP contribution in [0.1, 0.15) is 17.9 Å². The number of carbonyl (C=O) groups excluding carboxylic acids is 2. The van der Waals surface area contributed by atoms with E-state index in [1.807, 2.05) is 24.3 Å². The third-order valence-electron chi connectivity index (χ3n) is 3.17. The van der Waals surface area contributed by atoms with Crippen LogP contribution in [0, 0.1) is 0 Å². The summed E-state index contributed by atoms with van der Waals surface area (Å²) in [6.45, 7) is 0.171. The summed E-state index contributed by atoms with van der Waals surface area (Å²) in [5.41, 5.74) is 2.15. The maximum atomic E-state index is 11.7. The molecule has 0 bridgehead atoms. The lowest BCUT2D eigenvalue weighted by molar-refractivity contribution is -0.136. The predicted molar refractivity (Wildman–Crippen MR) is 67.6 cm³/mol. The first-order valence-corrected chi connectivity index (χ1v) is 6.40. The minimum absolute atomic E-state index is 0.0722. The lowest BCUT2D eigenvalue weighted by Gasteiger charge is -2.22. The Morgan fingerprint density at radius 1 is 1.33 bits per heavy atom. The van der Waals surface area contributed by atoms with Crippen molar-refractivity contribution in [1.29, 1.82) is 0 Å². The molecule has 2 aliphatic rings. The lowest BCUT2D eigenvalue weighted by Crippen LogP contribution is -2.32. The Kier molecular flexibility index (Phi) is 2.70. The first-order chi connectivity index (χ1) is 8.65. The smallest absolute Gasteiger partial charge is 0.336 e. The monoisotopic (exact) mass is 307 g/mol. The van der Waals surface area contributed by atoms with E-state index in [4.69, 9.17) is 4.74 Å². The highest BCUT2D eigenvalue weighted by molar-refractivity contribution is 9.10. The fourth-order valence-corrected chi connectivity index (χ4v) is 2.80. The van der Waals surface area contributed by atoms with Crippen molar-refractivity contribution in [3.05, 3.63) is 45.6 Å². The van der Waals surface area contributed by atoms with Gasteiger partial charge in [0.25, 0.3) is 0 Å². The van der Waals surface area contributed by atoms with Crippen LogP contribution in [0.5, 0.6) is 0 Å². The van der Waals surface area contributed by atoms with Gasteiger partial charge in [-0.1, -0.05) is 28.1 Å². The van der Waals surface area contributed by atoms with Crippen LogP contribution >= 0.6 is 15.9 Å². The Labute approximate surface area is 112 Å².